The van der Waals surface area contributed by atoms with E-state index in [-0.39, 0.29) is 29.6 Å². The lowest BCUT2D eigenvalue weighted by molar-refractivity contribution is -0.0212. The second kappa shape index (κ2) is 11.3. The Hall–Kier alpha value is -0.900. The zero-order chi connectivity index (χ0) is 19.1. The van der Waals surface area contributed by atoms with Gasteiger partial charge in [-0.1, -0.05) is 24.3 Å². The summed E-state index contributed by atoms with van der Waals surface area (Å²) in [4.78, 5) is 6.80. The van der Waals surface area contributed by atoms with Gasteiger partial charge in [-0.05, 0) is 37.8 Å². The molecule has 2 aliphatic heterocycles. The molecule has 158 valence electrons. The third kappa shape index (κ3) is 7.17. The number of halogens is 1. The quantitative estimate of drug-likeness (QED) is 0.356. The molecule has 1 aromatic rings. The lowest BCUT2D eigenvalue weighted by atomic mass is 10.0. The molecular formula is C21H35IN4O2. The van der Waals surface area contributed by atoms with Crippen molar-refractivity contribution in [1.29, 1.82) is 0 Å². The minimum absolute atomic E-state index is 0. The van der Waals surface area contributed by atoms with E-state index in [2.05, 4.69) is 58.6 Å². The first-order valence-corrected chi connectivity index (χ1v) is 10.1. The molecule has 0 saturated carbocycles. The highest BCUT2D eigenvalue weighted by Crippen LogP contribution is 2.23. The fourth-order valence-corrected chi connectivity index (χ4v) is 3.78. The summed E-state index contributed by atoms with van der Waals surface area (Å²) in [7, 11) is 1.81. The molecule has 2 atom stereocenters. The SMILES string of the molecule is CN=C(NCc1cccc(CN2CCOC(C)C2)c1)NCC1(C)CCCO1.I. The number of morpholine rings is 1. The van der Waals surface area contributed by atoms with E-state index in [1.54, 1.807) is 0 Å². The second-order valence-electron chi connectivity index (χ2n) is 7.92. The zero-order valence-electron chi connectivity index (χ0n) is 17.4. The van der Waals surface area contributed by atoms with Gasteiger partial charge in [-0.3, -0.25) is 9.89 Å². The number of ether oxygens (including phenoxy) is 2. The zero-order valence-corrected chi connectivity index (χ0v) is 19.7. The van der Waals surface area contributed by atoms with Crippen molar-refractivity contribution in [2.75, 3.05) is 39.9 Å². The number of hydrogen-bond acceptors (Lipinski definition) is 4. The number of hydrogen-bond donors (Lipinski definition) is 2. The van der Waals surface area contributed by atoms with Crippen LogP contribution in [0.5, 0.6) is 0 Å². The predicted molar refractivity (Wildman–Crippen MR) is 124 cm³/mol. The highest BCUT2D eigenvalue weighted by atomic mass is 127. The Kier molecular flexibility index (Phi) is 9.46. The van der Waals surface area contributed by atoms with E-state index >= 15 is 0 Å². The number of rotatable bonds is 6. The van der Waals surface area contributed by atoms with E-state index in [1.807, 2.05) is 7.05 Å². The number of nitrogens with zero attached hydrogens (tertiary/aromatic N) is 2. The van der Waals surface area contributed by atoms with Gasteiger partial charge in [0.05, 0.1) is 18.3 Å². The molecular weight excluding hydrogens is 467 g/mol. The molecule has 0 radical (unpaired) electrons. The molecule has 3 rings (SSSR count). The van der Waals surface area contributed by atoms with Crippen molar-refractivity contribution in [2.45, 2.75) is 51.5 Å². The lowest BCUT2D eigenvalue weighted by Crippen LogP contribution is -2.45. The maximum atomic E-state index is 5.83. The maximum Gasteiger partial charge on any atom is 0.191 e. The summed E-state index contributed by atoms with van der Waals surface area (Å²) in [5.41, 5.74) is 2.53. The van der Waals surface area contributed by atoms with Crippen LogP contribution in [0.25, 0.3) is 0 Å². The first kappa shape index (κ1) is 23.4. The first-order valence-electron chi connectivity index (χ1n) is 10.1. The standard InChI is InChI=1S/C21H34N4O2.HI/c1-17-14-25(9-11-26-17)15-19-7-4-6-18(12-19)13-23-20(22-3)24-16-21(2)8-5-10-27-21;/h4,6-7,12,17H,5,8-11,13-16H2,1-3H3,(H2,22,23,24);1H. The largest absolute Gasteiger partial charge is 0.376 e. The summed E-state index contributed by atoms with van der Waals surface area (Å²) in [6.07, 6.45) is 2.56. The molecule has 2 aliphatic rings. The third-order valence-corrected chi connectivity index (χ3v) is 5.34. The molecule has 28 heavy (non-hydrogen) atoms. The Morgan fingerprint density at radius 3 is 2.82 bits per heavy atom. The predicted octanol–water partition coefficient (Wildman–Crippen LogP) is 2.76. The number of guanidine groups is 1. The van der Waals surface area contributed by atoms with Crippen molar-refractivity contribution in [3.8, 4) is 0 Å². The number of nitrogens with one attached hydrogen (secondary N) is 2. The van der Waals surface area contributed by atoms with Crippen molar-refractivity contribution in [3.63, 3.8) is 0 Å². The molecule has 0 aromatic heterocycles. The molecule has 1 aromatic carbocycles. The van der Waals surface area contributed by atoms with E-state index < -0.39 is 0 Å². The molecule has 7 heteroatoms. The Labute approximate surface area is 186 Å². The summed E-state index contributed by atoms with van der Waals surface area (Å²) >= 11 is 0. The van der Waals surface area contributed by atoms with Crippen LogP contribution in [0.2, 0.25) is 0 Å². The van der Waals surface area contributed by atoms with Crippen molar-refractivity contribution < 1.29 is 9.47 Å². The van der Waals surface area contributed by atoms with Crippen LogP contribution >= 0.6 is 24.0 Å². The monoisotopic (exact) mass is 502 g/mol. The molecule has 0 bridgehead atoms. The fraction of sp³-hybridized carbons (Fsp3) is 0.667. The summed E-state index contributed by atoms with van der Waals surface area (Å²) in [6.45, 7) is 10.5. The van der Waals surface area contributed by atoms with E-state index in [0.717, 1.165) is 64.7 Å². The highest BCUT2D eigenvalue weighted by Gasteiger charge is 2.29. The first-order chi connectivity index (χ1) is 13.1. The molecule has 2 heterocycles. The van der Waals surface area contributed by atoms with Crippen LogP contribution in [-0.2, 0) is 22.6 Å². The van der Waals surface area contributed by atoms with Gasteiger partial charge in [0.25, 0.3) is 0 Å². The fourth-order valence-electron chi connectivity index (χ4n) is 3.78. The van der Waals surface area contributed by atoms with Crippen LogP contribution in [0.1, 0.15) is 37.8 Å². The minimum atomic E-state index is -0.0766. The Balaban J connectivity index is 0.00000280. The maximum absolute atomic E-state index is 5.83. The van der Waals surface area contributed by atoms with Gasteiger partial charge in [-0.25, -0.2) is 0 Å². The molecule has 0 amide bonds. The van der Waals surface area contributed by atoms with Gasteiger partial charge in [-0.2, -0.15) is 0 Å². The van der Waals surface area contributed by atoms with Gasteiger partial charge in [-0.15, -0.1) is 24.0 Å². The van der Waals surface area contributed by atoms with E-state index in [9.17, 15) is 0 Å². The summed E-state index contributed by atoms with van der Waals surface area (Å²) in [5.74, 6) is 0.819. The van der Waals surface area contributed by atoms with E-state index in [0.29, 0.717) is 6.10 Å². The molecule has 2 fully saturated rings. The average Bonchev–Trinajstić information content (AvgIpc) is 3.09. The van der Waals surface area contributed by atoms with Gasteiger partial charge in [0.15, 0.2) is 5.96 Å². The summed E-state index contributed by atoms with van der Waals surface area (Å²) < 4.78 is 11.5. The third-order valence-electron chi connectivity index (χ3n) is 5.34. The Morgan fingerprint density at radius 2 is 2.11 bits per heavy atom. The summed E-state index contributed by atoms with van der Waals surface area (Å²) in [5, 5.41) is 6.81. The van der Waals surface area contributed by atoms with E-state index in [1.165, 1.54) is 11.1 Å². The van der Waals surface area contributed by atoms with Gasteiger partial charge in [0.1, 0.15) is 0 Å². The van der Waals surface area contributed by atoms with E-state index in [4.69, 9.17) is 9.47 Å². The minimum Gasteiger partial charge on any atom is -0.376 e. The Bertz CT molecular complexity index is 635. The van der Waals surface area contributed by atoms with Crippen molar-refractivity contribution in [1.82, 2.24) is 15.5 Å². The van der Waals surface area contributed by atoms with Gasteiger partial charge < -0.3 is 20.1 Å². The smallest absolute Gasteiger partial charge is 0.191 e. The number of benzene rings is 1. The second-order valence-corrected chi connectivity index (χ2v) is 7.92. The topological polar surface area (TPSA) is 58.1 Å². The molecule has 6 nitrogen and oxygen atoms in total. The average molecular weight is 502 g/mol. The van der Waals surface area contributed by atoms with Crippen LogP contribution in [0, 0.1) is 0 Å². The van der Waals surface area contributed by atoms with Gasteiger partial charge in [0, 0.05) is 46.4 Å². The van der Waals surface area contributed by atoms with Crippen molar-refractivity contribution >= 4 is 29.9 Å². The highest BCUT2D eigenvalue weighted by molar-refractivity contribution is 14.0. The normalized spacial score (nSPS) is 26.0. The summed E-state index contributed by atoms with van der Waals surface area (Å²) in [6, 6.07) is 8.78. The van der Waals surface area contributed by atoms with Crippen LogP contribution in [0.4, 0.5) is 0 Å². The molecule has 2 unspecified atom stereocenters. The van der Waals surface area contributed by atoms with Crippen LogP contribution in [-0.4, -0.2) is 62.5 Å². The Morgan fingerprint density at radius 1 is 1.29 bits per heavy atom. The van der Waals surface area contributed by atoms with Gasteiger partial charge >= 0.3 is 0 Å². The van der Waals surface area contributed by atoms with Crippen LogP contribution in [0.15, 0.2) is 29.3 Å². The molecule has 2 N–H and O–H groups in total. The number of aliphatic imine (C=N–C) groups is 1. The molecule has 0 spiro atoms. The van der Waals surface area contributed by atoms with Crippen molar-refractivity contribution in [2.24, 2.45) is 4.99 Å². The molecule has 2 saturated heterocycles. The molecule has 0 aliphatic carbocycles. The van der Waals surface area contributed by atoms with Gasteiger partial charge in [0.2, 0.25) is 0 Å². The lowest BCUT2D eigenvalue weighted by Gasteiger charge is -2.31. The van der Waals surface area contributed by atoms with Crippen LogP contribution in [0.3, 0.4) is 0 Å². The van der Waals surface area contributed by atoms with Crippen LogP contribution < -0.4 is 10.6 Å². The van der Waals surface area contributed by atoms with Crippen molar-refractivity contribution in [3.05, 3.63) is 35.4 Å².